The molecule has 28 valence electrons. The van der Waals surface area contributed by atoms with Gasteiger partial charge in [0.15, 0.2) is 0 Å². The monoisotopic (exact) mass is 134 g/mol. The third kappa shape index (κ3) is 16.1. The standard InChI is InChI=1S/CHBBrN.H3N/c3-2-1-4;/h2H;1H3. The van der Waals surface area contributed by atoms with Crippen LogP contribution in [0.2, 0.25) is 0 Å². The number of nitrogens with zero attached hydrogens (tertiary/aromatic N) is 1. The third-order valence-electron chi connectivity index (χ3n) is 0.0598. The molecule has 0 amide bonds. The van der Waals surface area contributed by atoms with E-state index in [1.165, 1.54) is 0 Å². The van der Waals surface area contributed by atoms with Crippen molar-refractivity contribution in [3.8, 4) is 5.97 Å². The zero-order chi connectivity index (χ0) is 3.41. The Morgan fingerprint density at radius 3 is 2.00 bits per heavy atom. The van der Waals surface area contributed by atoms with Gasteiger partial charge in [-0.3, -0.25) is 0 Å². The highest BCUT2D eigenvalue weighted by molar-refractivity contribution is 9.23. The Labute approximate surface area is 40.0 Å². The normalized spacial score (nSPS) is 3.20. The molecule has 0 unspecified atom stereocenters. The predicted molar refractivity (Wildman–Crippen MR) is 26.7 cm³/mol. The molecule has 0 aliphatic carbocycles. The first-order valence-electron chi connectivity index (χ1n) is 0.844. The van der Waals surface area contributed by atoms with Gasteiger partial charge in [-0.25, -0.2) is 5.26 Å². The van der Waals surface area contributed by atoms with Gasteiger partial charge in [0.25, 0.3) is 0 Å². The Hall–Kier alpha value is -0.00506. The largest absolute Gasteiger partial charge is 0.344 e. The average molecular weight is 135 g/mol. The maximum absolute atomic E-state index is 7.58. The number of rotatable bonds is 0. The summed E-state index contributed by atoms with van der Waals surface area (Å²) in [4.78, 5) is 0. The first-order valence-corrected chi connectivity index (χ1v) is 1.97. The second-order valence-corrected chi connectivity index (χ2v) is 0.852. The first kappa shape index (κ1) is 8.89. The minimum Gasteiger partial charge on any atom is -0.344 e. The van der Waals surface area contributed by atoms with E-state index in [9.17, 15) is 0 Å². The summed E-state index contributed by atoms with van der Waals surface area (Å²) >= 11 is 2.89. The zero-order valence-corrected chi connectivity index (χ0v) is 4.33. The number of hydrogen-bond donors (Lipinski definition) is 1. The van der Waals surface area contributed by atoms with Gasteiger partial charge in [-0.2, -0.15) is 0 Å². The van der Waals surface area contributed by atoms with Crippen LogP contribution in [-0.4, -0.2) is 6.10 Å². The van der Waals surface area contributed by atoms with Gasteiger partial charge < -0.3 is 6.15 Å². The summed E-state index contributed by atoms with van der Waals surface area (Å²) in [6.45, 7) is 0. The van der Waals surface area contributed by atoms with Crippen LogP contribution in [0.1, 0.15) is 0 Å². The van der Waals surface area contributed by atoms with Crippen LogP contribution in [0.15, 0.2) is 0 Å². The van der Waals surface area contributed by atoms with E-state index in [4.69, 9.17) is 5.26 Å². The molecule has 3 N–H and O–H groups in total. The SMILES string of the molecule is N.N#CBBr. The van der Waals surface area contributed by atoms with E-state index < -0.39 is 0 Å². The Kier molecular flexibility index (Phi) is 16.0. The van der Waals surface area contributed by atoms with Crippen molar-refractivity contribution in [2.75, 3.05) is 0 Å². The van der Waals surface area contributed by atoms with Crippen LogP contribution >= 0.6 is 15.8 Å². The van der Waals surface area contributed by atoms with E-state index in [1.54, 1.807) is 0 Å². The fourth-order valence-electron chi connectivity index (χ4n) is 0. The molecular weight excluding hydrogens is 131 g/mol. The van der Waals surface area contributed by atoms with Crippen LogP contribution in [0.5, 0.6) is 0 Å². The predicted octanol–water partition coefficient (Wildman–Crippen LogP) is 0.376. The second-order valence-electron chi connectivity index (χ2n) is 0.292. The summed E-state index contributed by atoms with van der Waals surface area (Å²) in [7, 11) is 0. The summed E-state index contributed by atoms with van der Waals surface area (Å²) in [6, 6.07) is 0. The molecule has 0 spiro atoms. The van der Waals surface area contributed by atoms with Gasteiger partial charge in [0.2, 0.25) is 0 Å². The molecule has 0 radical (unpaired) electrons. The number of hydrogen-bond acceptors (Lipinski definition) is 2. The Morgan fingerprint density at radius 2 is 2.00 bits per heavy atom. The molecule has 0 saturated heterocycles. The van der Waals surface area contributed by atoms with Crippen LogP contribution in [0, 0.1) is 11.2 Å². The highest BCUT2D eigenvalue weighted by Gasteiger charge is 1.61. The van der Waals surface area contributed by atoms with Crippen molar-refractivity contribution in [2.45, 2.75) is 0 Å². The van der Waals surface area contributed by atoms with Gasteiger partial charge in [0.05, 0.1) is 0 Å². The fourth-order valence-corrected chi connectivity index (χ4v) is 0. The summed E-state index contributed by atoms with van der Waals surface area (Å²) in [6.07, 6.45) is 0.438. The van der Waals surface area contributed by atoms with Gasteiger partial charge in [-0.05, 0) is 0 Å². The molecule has 0 aromatic rings. The molecule has 0 aliphatic heterocycles. The van der Waals surface area contributed by atoms with E-state index in [-0.39, 0.29) is 6.15 Å². The minimum absolute atomic E-state index is 0. The molecule has 0 rings (SSSR count). The van der Waals surface area contributed by atoms with Crippen molar-refractivity contribution >= 4 is 21.9 Å². The van der Waals surface area contributed by atoms with Crippen LogP contribution in [0.3, 0.4) is 0 Å². The van der Waals surface area contributed by atoms with Gasteiger partial charge in [0, 0.05) is 5.97 Å². The van der Waals surface area contributed by atoms with Crippen molar-refractivity contribution in [1.82, 2.24) is 6.15 Å². The van der Waals surface area contributed by atoms with Crippen LogP contribution in [0.4, 0.5) is 0 Å². The summed E-state index contributed by atoms with van der Waals surface area (Å²) in [5.41, 5.74) is 0. The van der Waals surface area contributed by atoms with E-state index in [0.29, 0.717) is 6.10 Å². The van der Waals surface area contributed by atoms with Gasteiger partial charge in [-0.1, -0.05) is 0 Å². The molecule has 5 heavy (non-hydrogen) atoms. The Bertz CT molecular complexity index is 39.4. The van der Waals surface area contributed by atoms with E-state index in [1.807, 2.05) is 5.97 Å². The van der Waals surface area contributed by atoms with Crippen molar-refractivity contribution in [1.29, 1.82) is 5.26 Å². The molecule has 0 fully saturated rings. The van der Waals surface area contributed by atoms with Crippen LogP contribution in [-0.2, 0) is 0 Å². The Morgan fingerprint density at radius 1 is 1.80 bits per heavy atom. The summed E-state index contributed by atoms with van der Waals surface area (Å²) in [5.74, 6) is 1.85. The lowest BCUT2D eigenvalue weighted by atomic mass is 10.2. The lowest BCUT2D eigenvalue weighted by molar-refractivity contribution is 1.56. The molecule has 0 bridgehead atoms. The third-order valence-corrected chi connectivity index (χ3v) is 0.311. The lowest BCUT2D eigenvalue weighted by Crippen LogP contribution is -1.55. The van der Waals surface area contributed by atoms with E-state index >= 15 is 0 Å². The maximum Gasteiger partial charge on any atom is 0.326 e. The highest BCUT2D eigenvalue weighted by Crippen LogP contribution is 1.62. The molecule has 0 saturated carbocycles. The second kappa shape index (κ2) is 9.00. The zero-order valence-electron chi connectivity index (χ0n) is 2.74. The molecule has 0 atom stereocenters. The van der Waals surface area contributed by atoms with Crippen LogP contribution in [0.25, 0.3) is 0 Å². The van der Waals surface area contributed by atoms with Crippen molar-refractivity contribution in [3.63, 3.8) is 0 Å². The van der Waals surface area contributed by atoms with Gasteiger partial charge in [0.1, 0.15) is 0 Å². The van der Waals surface area contributed by atoms with E-state index in [2.05, 4.69) is 15.8 Å². The minimum atomic E-state index is 0. The molecule has 0 aliphatic rings. The average Bonchev–Trinajstić information content (AvgIpc) is 1.37. The smallest absolute Gasteiger partial charge is 0.326 e. The lowest BCUT2D eigenvalue weighted by Gasteiger charge is -1.38. The Balaban J connectivity index is 0. The topological polar surface area (TPSA) is 58.8 Å². The molecular formula is CH4BBrN2. The number of halogens is 1. The fraction of sp³-hybridized carbons (Fsp3) is 0. The molecule has 0 aromatic heterocycles. The highest BCUT2D eigenvalue weighted by atomic mass is 79.9. The summed E-state index contributed by atoms with van der Waals surface area (Å²) < 4.78 is 0. The van der Waals surface area contributed by atoms with Crippen molar-refractivity contribution in [3.05, 3.63) is 0 Å². The first-order chi connectivity index (χ1) is 1.91. The van der Waals surface area contributed by atoms with Crippen molar-refractivity contribution < 1.29 is 0 Å². The summed E-state index contributed by atoms with van der Waals surface area (Å²) in [5, 5.41) is 7.58. The molecule has 4 heteroatoms. The molecule has 2 nitrogen and oxygen atoms in total. The van der Waals surface area contributed by atoms with Gasteiger partial charge in [-0.15, -0.1) is 15.8 Å². The quantitative estimate of drug-likeness (QED) is 0.487. The number of nitriles is 1. The molecule has 0 heterocycles. The van der Waals surface area contributed by atoms with E-state index in [0.717, 1.165) is 0 Å². The molecule has 0 aromatic carbocycles. The van der Waals surface area contributed by atoms with Crippen LogP contribution < -0.4 is 6.15 Å². The van der Waals surface area contributed by atoms with Crippen molar-refractivity contribution in [2.24, 2.45) is 0 Å². The maximum atomic E-state index is 7.58. The van der Waals surface area contributed by atoms with Gasteiger partial charge >= 0.3 is 6.10 Å².